The van der Waals surface area contributed by atoms with Crippen molar-refractivity contribution in [2.75, 3.05) is 7.11 Å². The molecule has 3 heteroatoms. The predicted octanol–water partition coefficient (Wildman–Crippen LogP) is 3.37. The Morgan fingerprint density at radius 2 is 1.82 bits per heavy atom. The molecule has 0 bridgehead atoms. The van der Waals surface area contributed by atoms with Crippen molar-refractivity contribution in [3.8, 4) is 11.5 Å². The molecule has 2 N–H and O–H groups in total. The topological polar surface area (TPSA) is 49.7 Å². The SMILES string of the molecule is COC(=C1CC1)c1cc(C(C)C)c(O)cc1O. The lowest BCUT2D eigenvalue weighted by Crippen LogP contribution is -1.94. The van der Waals surface area contributed by atoms with Gasteiger partial charge in [-0.15, -0.1) is 0 Å². The lowest BCUT2D eigenvalue weighted by molar-refractivity contribution is 0.363. The number of benzene rings is 1. The summed E-state index contributed by atoms with van der Waals surface area (Å²) < 4.78 is 5.35. The van der Waals surface area contributed by atoms with Crippen LogP contribution in [0.25, 0.3) is 5.76 Å². The number of hydrogen-bond donors (Lipinski definition) is 2. The Morgan fingerprint density at radius 3 is 2.29 bits per heavy atom. The maximum absolute atomic E-state index is 9.90. The Hall–Kier alpha value is -1.64. The normalized spacial score (nSPS) is 14.0. The predicted molar refractivity (Wildman–Crippen MR) is 67.0 cm³/mol. The van der Waals surface area contributed by atoms with E-state index in [1.54, 1.807) is 7.11 Å². The highest BCUT2D eigenvalue weighted by molar-refractivity contribution is 5.72. The van der Waals surface area contributed by atoms with Crippen molar-refractivity contribution in [2.24, 2.45) is 0 Å². The van der Waals surface area contributed by atoms with Gasteiger partial charge in [0.2, 0.25) is 0 Å². The van der Waals surface area contributed by atoms with E-state index in [4.69, 9.17) is 4.74 Å². The van der Waals surface area contributed by atoms with E-state index >= 15 is 0 Å². The molecule has 2 rings (SSSR count). The summed E-state index contributed by atoms with van der Waals surface area (Å²) in [4.78, 5) is 0. The molecular formula is C14H18O3. The minimum absolute atomic E-state index is 0.0724. The van der Waals surface area contributed by atoms with Gasteiger partial charge in [-0.05, 0) is 36.0 Å². The first-order valence-electron chi connectivity index (χ1n) is 5.86. The molecule has 1 aromatic carbocycles. The van der Waals surface area contributed by atoms with Gasteiger partial charge in [0.1, 0.15) is 17.3 Å². The molecule has 0 radical (unpaired) electrons. The number of aromatic hydroxyl groups is 2. The fourth-order valence-corrected chi connectivity index (χ4v) is 1.97. The van der Waals surface area contributed by atoms with Crippen LogP contribution in [0.2, 0.25) is 0 Å². The zero-order valence-corrected chi connectivity index (χ0v) is 10.4. The Balaban J connectivity index is 2.54. The minimum Gasteiger partial charge on any atom is -0.508 e. The molecule has 1 saturated carbocycles. The molecule has 0 atom stereocenters. The van der Waals surface area contributed by atoms with Crippen LogP contribution < -0.4 is 0 Å². The van der Waals surface area contributed by atoms with E-state index in [1.165, 1.54) is 11.6 Å². The van der Waals surface area contributed by atoms with Gasteiger partial charge in [0.25, 0.3) is 0 Å². The molecule has 0 aromatic heterocycles. The number of ether oxygens (including phenoxy) is 1. The number of methoxy groups -OCH3 is 1. The minimum atomic E-state index is 0.0724. The summed E-state index contributed by atoms with van der Waals surface area (Å²) in [6.07, 6.45) is 2.06. The van der Waals surface area contributed by atoms with E-state index in [1.807, 2.05) is 19.9 Å². The molecule has 0 amide bonds. The van der Waals surface area contributed by atoms with Gasteiger partial charge < -0.3 is 14.9 Å². The van der Waals surface area contributed by atoms with Gasteiger partial charge in [0, 0.05) is 6.07 Å². The van der Waals surface area contributed by atoms with Crippen LogP contribution in [0, 0.1) is 0 Å². The lowest BCUT2D eigenvalue weighted by Gasteiger charge is -2.14. The van der Waals surface area contributed by atoms with E-state index in [-0.39, 0.29) is 17.4 Å². The van der Waals surface area contributed by atoms with Gasteiger partial charge in [0.15, 0.2) is 0 Å². The van der Waals surface area contributed by atoms with Crippen molar-refractivity contribution in [3.63, 3.8) is 0 Å². The number of phenols is 2. The van der Waals surface area contributed by atoms with Gasteiger partial charge in [-0.1, -0.05) is 13.8 Å². The maximum Gasteiger partial charge on any atom is 0.130 e. The zero-order chi connectivity index (χ0) is 12.6. The second kappa shape index (κ2) is 4.32. The third kappa shape index (κ3) is 2.23. The van der Waals surface area contributed by atoms with Gasteiger partial charge in [0.05, 0.1) is 12.7 Å². The summed E-state index contributed by atoms with van der Waals surface area (Å²) >= 11 is 0. The number of allylic oxidation sites excluding steroid dienone is 1. The molecule has 17 heavy (non-hydrogen) atoms. The molecule has 1 aromatic rings. The fourth-order valence-electron chi connectivity index (χ4n) is 1.97. The van der Waals surface area contributed by atoms with Crippen molar-refractivity contribution < 1.29 is 14.9 Å². The number of hydrogen-bond acceptors (Lipinski definition) is 3. The van der Waals surface area contributed by atoms with Crippen LogP contribution in [0.3, 0.4) is 0 Å². The highest BCUT2D eigenvalue weighted by atomic mass is 16.5. The monoisotopic (exact) mass is 234 g/mol. The standard InChI is InChI=1S/C14H18O3/c1-8(2)10-6-11(13(16)7-12(10)15)14(17-3)9-4-5-9/h6-8,15-16H,4-5H2,1-3H3. The highest BCUT2D eigenvalue weighted by Crippen LogP contribution is 2.42. The Labute approximate surface area is 101 Å². The van der Waals surface area contributed by atoms with E-state index < -0.39 is 0 Å². The summed E-state index contributed by atoms with van der Waals surface area (Å²) in [5.41, 5.74) is 2.73. The molecule has 3 nitrogen and oxygen atoms in total. The van der Waals surface area contributed by atoms with E-state index in [0.717, 1.165) is 24.2 Å². The largest absolute Gasteiger partial charge is 0.508 e. The smallest absolute Gasteiger partial charge is 0.130 e. The van der Waals surface area contributed by atoms with Gasteiger partial charge >= 0.3 is 0 Å². The molecule has 0 heterocycles. The van der Waals surface area contributed by atoms with Crippen LogP contribution >= 0.6 is 0 Å². The highest BCUT2D eigenvalue weighted by Gasteiger charge is 2.23. The summed E-state index contributed by atoms with van der Waals surface area (Å²) in [6.45, 7) is 4.01. The lowest BCUT2D eigenvalue weighted by atomic mass is 9.98. The average Bonchev–Trinajstić information content (AvgIpc) is 3.05. The van der Waals surface area contributed by atoms with Crippen molar-refractivity contribution in [1.29, 1.82) is 0 Å². The Morgan fingerprint density at radius 1 is 1.18 bits per heavy atom. The first kappa shape index (κ1) is 11.8. The zero-order valence-electron chi connectivity index (χ0n) is 10.4. The molecule has 1 aliphatic carbocycles. The van der Waals surface area contributed by atoms with Crippen LogP contribution in [0.5, 0.6) is 11.5 Å². The first-order valence-corrected chi connectivity index (χ1v) is 5.86. The van der Waals surface area contributed by atoms with Crippen LogP contribution in [-0.4, -0.2) is 17.3 Å². The molecule has 1 aliphatic rings. The quantitative estimate of drug-likeness (QED) is 0.788. The first-order chi connectivity index (χ1) is 8.04. The molecule has 0 saturated heterocycles. The third-order valence-electron chi connectivity index (χ3n) is 3.04. The molecule has 0 spiro atoms. The van der Waals surface area contributed by atoms with E-state index in [9.17, 15) is 10.2 Å². The molecule has 1 fully saturated rings. The van der Waals surface area contributed by atoms with Gasteiger partial charge in [-0.2, -0.15) is 0 Å². The summed E-state index contributed by atoms with van der Waals surface area (Å²) in [7, 11) is 1.61. The Kier molecular flexibility index (Phi) is 3.01. The number of phenolic OH excluding ortho intramolecular Hbond substituents is 2. The van der Waals surface area contributed by atoms with Crippen molar-refractivity contribution in [2.45, 2.75) is 32.6 Å². The molecule has 0 unspecified atom stereocenters. The van der Waals surface area contributed by atoms with Crippen LogP contribution in [0.15, 0.2) is 17.7 Å². The number of rotatable bonds is 3. The summed E-state index contributed by atoms with van der Waals surface area (Å²) in [6, 6.07) is 3.21. The van der Waals surface area contributed by atoms with Gasteiger partial charge in [-0.3, -0.25) is 0 Å². The molecular weight excluding hydrogens is 216 g/mol. The van der Waals surface area contributed by atoms with Crippen LogP contribution in [0.1, 0.15) is 43.7 Å². The van der Waals surface area contributed by atoms with Crippen molar-refractivity contribution in [1.82, 2.24) is 0 Å². The summed E-state index contributed by atoms with van der Waals surface area (Å²) in [5, 5.41) is 19.7. The fraction of sp³-hybridized carbons (Fsp3) is 0.429. The maximum atomic E-state index is 9.90. The molecule has 0 aliphatic heterocycles. The summed E-state index contributed by atoms with van der Waals surface area (Å²) in [5.74, 6) is 1.17. The molecule has 92 valence electrons. The Bertz CT molecular complexity index is 467. The van der Waals surface area contributed by atoms with Crippen LogP contribution in [-0.2, 0) is 4.74 Å². The van der Waals surface area contributed by atoms with Crippen molar-refractivity contribution >= 4 is 5.76 Å². The van der Waals surface area contributed by atoms with Crippen molar-refractivity contribution in [3.05, 3.63) is 28.8 Å². The average molecular weight is 234 g/mol. The third-order valence-corrected chi connectivity index (χ3v) is 3.04. The van der Waals surface area contributed by atoms with Gasteiger partial charge in [-0.25, -0.2) is 0 Å². The van der Waals surface area contributed by atoms with Crippen LogP contribution in [0.4, 0.5) is 0 Å². The second-order valence-electron chi connectivity index (χ2n) is 4.72. The van der Waals surface area contributed by atoms with E-state index in [2.05, 4.69) is 0 Å². The second-order valence-corrected chi connectivity index (χ2v) is 4.72. The van der Waals surface area contributed by atoms with E-state index in [0.29, 0.717) is 5.56 Å².